The van der Waals surface area contributed by atoms with Gasteiger partial charge in [-0.25, -0.2) is 4.79 Å². The van der Waals surface area contributed by atoms with Crippen molar-refractivity contribution >= 4 is 23.3 Å². The van der Waals surface area contributed by atoms with E-state index >= 15 is 0 Å². The van der Waals surface area contributed by atoms with Crippen LogP contribution in [0.15, 0.2) is 42.5 Å². The molecule has 3 amide bonds. The van der Waals surface area contributed by atoms with E-state index in [2.05, 4.69) is 20.7 Å². The number of benzene rings is 2. The van der Waals surface area contributed by atoms with Crippen molar-refractivity contribution in [2.75, 3.05) is 31.4 Å². The molecule has 0 saturated carbocycles. The molecule has 2 aromatic carbocycles. The molecule has 0 aliphatic rings. The Bertz CT molecular complexity index is 831. The lowest BCUT2D eigenvalue weighted by Crippen LogP contribution is -2.31. The zero-order chi connectivity index (χ0) is 21.2. The lowest BCUT2D eigenvalue weighted by atomic mass is 10.2. The fourth-order valence-corrected chi connectivity index (χ4v) is 2.31. The van der Waals surface area contributed by atoms with E-state index < -0.39 is 18.5 Å². The number of rotatable bonds is 9. The second-order valence-corrected chi connectivity index (χ2v) is 5.65. The molecule has 29 heavy (non-hydrogen) atoms. The Labute approximate surface area is 166 Å². The topological polar surface area (TPSA) is 97.9 Å². The van der Waals surface area contributed by atoms with Crippen LogP contribution in [0.3, 0.4) is 0 Å². The lowest BCUT2D eigenvalue weighted by molar-refractivity contribution is -0.116. The Morgan fingerprint density at radius 3 is 2.24 bits per heavy atom. The number of hydrogen-bond donors (Lipinski definition) is 3. The molecule has 0 spiro atoms. The molecule has 156 valence electrons. The standard InChI is InChI=1S/C19H21F2N3O5/c1-27-14-6-3-12(4-7-14)24-19(26)22-10-9-17(25)23-13-5-8-15(28-2)16(11-13)29-18(20)21/h3-8,11,18H,9-10H2,1-2H3,(H,23,25)(H2,22,24,26). The van der Waals surface area contributed by atoms with E-state index in [0.717, 1.165) is 0 Å². The highest BCUT2D eigenvalue weighted by molar-refractivity contribution is 5.92. The van der Waals surface area contributed by atoms with E-state index in [1.54, 1.807) is 31.4 Å². The van der Waals surface area contributed by atoms with Crippen LogP contribution in [0.1, 0.15) is 6.42 Å². The molecule has 10 heteroatoms. The van der Waals surface area contributed by atoms with Crippen molar-refractivity contribution in [2.24, 2.45) is 0 Å². The highest BCUT2D eigenvalue weighted by Crippen LogP contribution is 2.31. The SMILES string of the molecule is COc1ccc(NC(=O)NCCC(=O)Nc2ccc(OC)c(OC(F)F)c2)cc1. The quantitative estimate of drug-likeness (QED) is 0.589. The van der Waals surface area contributed by atoms with Gasteiger partial charge in [0.05, 0.1) is 14.2 Å². The predicted octanol–water partition coefficient (Wildman–Crippen LogP) is 3.46. The Morgan fingerprint density at radius 2 is 1.62 bits per heavy atom. The first-order chi connectivity index (χ1) is 13.9. The zero-order valence-electron chi connectivity index (χ0n) is 15.8. The number of methoxy groups -OCH3 is 2. The summed E-state index contributed by atoms with van der Waals surface area (Å²) in [5.41, 5.74) is 0.826. The van der Waals surface area contributed by atoms with Gasteiger partial charge in [-0.2, -0.15) is 8.78 Å². The second kappa shape index (κ2) is 10.7. The summed E-state index contributed by atoms with van der Waals surface area (Å²) < 4.78 is 39.2. The van der Waals surface area contributed by atoms with Crippen molar-refractivity contribution in [3.8, 4) is 17.2 Å². The van der Waals surface area contributed by atoms with E-state index in [4.69, 9.17) is 9.47 Å². The maximum Gasteiger partial charge on any atom is 0.387 e. The van der Waals surface area contributed by atoms with E-state index in [0.29, 0.717) is 11.4 Å². The monoisotopic (exact) mass is 409 g/mol. The van der Waals surface area contributed by atoms with Gasteiger partial charge >= 0.3 is 12.6 Å². The van der Waals surface area contributed by atoms with Crippen LogP contribution >= 0.6 is 0 Å². The molecule has 0 unspecified atom stereocenters. The number of urea groups is 1. The zero-order valence-corrected chi connectivity index (χ0v) is 15.8. The number of carbonyl (C=O) groups excluding carboxylic acids is 2. The molecule has 0 fully saturated rings. The number of alkyl halides is 2. The molecule has 0 atom stereocenters. The van der Waals surface area contributed by atoms with Crippen LogP contribution in [-0.2, 0) is 4.79 Å². The van der Waals surface area contributed by atoms with Gasteiger partial charge in [0, 0.05) is 30.4 Å². The van der Waals surface area contributed by atoms with Crippen LogP contribution in [0.25, 0.3) is 0 Å². The maximum atomic E-state index is 12.4. The maximum absolute atomic E-state index is 12.4. The molecular formula is C19H21F2N3O5. The minimum atomic E-state index is -3.02. The number of anilines is 2. The van der Waals surface area contributed by atoms with E-state index in [-0.39, 0.29) is 30.2 Å². The fourth-order valence-electron chi connectivity index (χ4n) is 2.31. The van der Waals surface area contributed by atoms with Crippen molar-refractivity contribution in [3.63, 3.8) is 0 Å². The third-order valence-electron chi connectivity index (χ3n) is 3.65. The van der Waals surface area contributed by atoms with Gasteiger partial charge in [0.1, 0.15) is 5.75 Å². The van der Waals surface area contributed by atoms with Gasteiger partial charge in [-0.1, -0.05) is 0 Å². The molecule has 0 aliphatic heterocycles. The molecule has 2 aromatic rings. The summed E-state index contributed by atoms with van der Waals surface area (Å²) in [6.07, 6.45) is -0.0207. The van der Waals surface area contributed by atoms with Gasteiger partial charge in [-0.3, -0.25) is 4.79 Å². The molecule has 2 rings (SSSR count). The van der Waals surface area contributed by atoms with Gasteiger partial charge in [0.25, 0.3) is 0 Å². The summed E-state index contributed by atoms with van der Waals surface area (Å²) in [5, 5.41) is 7.70. The van der Waals surface area contributed by atoms with E-state index in [1.165, 1.54) is 25.3 Å². The van der Waals surface area contributed by atoms with Crippen LogP contribution < -0.4 is 30.2 Å². The second-order valence-electron chi connectivity index (χ2n) is 5.65. The minimum Gasteiger partial charge on any atom is -0.497 e. The van der Waals surface area contributed by atoms with Gasteiger partial charge in [0.15, 0.2) is 11.5 Å². The lowest BCUT2D eigenvalue weighted by Gasteiger charge is -2.12. The third kappa shape index (κ3) is 7.17. The van der Waals surface area contributed by atoms with Crippen LogP contribution in [0.2, 0.25) is 0 Å². The van der Waals surface area contributed by atoms with Gasteiger partial charge in [0.2, 0.25) is 5.91 Å². The molecular weight excluding hydrogens is 388 g/mol. The fraction of sp³-hybridized carbons (Fsp3) is 0.263. The number of hydrogen-bond acceptors (Lipinski definition) is 5. The Kier molecular flexibility index (Phi) is 8.01. The number of carbonyl (C=O) groups is 2. The number of nitrogens with one attached hydrogen (secondary N) is 3. The smallest absolute Gasteiger partial charge is 0.387 e. The minimum absolute atomic E-state index is 0.0207. The highest BCUT2D eigenvalue weighted by atomic mass is 19.3. The predicted molar refractivity (Wildman–Crippen MR) is 103 cm³/mol. The number of ether oxygens (including phenoxy) is 3. The Hall–Kier alpha value is -3.56. The Morgan fingerprint density at radius 1 is 0.931 bits per heavy atom. The van der Waals surface area contributed by atoms with Crippen molar-refractivity contribution in [2.45, 2.75) is 13.0 Å². The average Bonchev–Trinajstić information content (AvgIpc) is 2.68. The van der Waals surface area contributed by atoms with Crippen LogP contribution in [-0.4, -0.2) is 39.3 Å². The molecule has 0 saturated heterocycles. The van der Waals surface area contributed by atoms with E-state index in [9.17, 15) is 18.4 Å². The molecule has 3 N–H and O–H groups in total. The number of amides is 3. The summed E-state index contributed by atoms with van der Waals surface area (Å²) in [6, 6.07) is 10.4. The number of halogens is 2. The molecule has 0 aromatic heterocycles. The van der Waals surface area contributed by atoms with Crippen molar-refractivity contribution in [3.05, 3.63) is 42.5 Å². The largest absolute Gasteiger partial charge is 0.497 e. The van der Waals surface area contributed by atoms with Crippen LogP contribution in [0.5, 0.6) is 17.2 Å². The van der Waals surface area contributed by atoms with Crippen molar-refractivity contribution in [1.82, 2.24) is 5.32 Å². The summed E-state index contributed by atoms with van der Waals surface area (Å²) in [4.78, 5) is 23.8. The summed E-state index contributed by atoms with van der Waals surface area (Å²) in [6.45, 7) is -2.95. The first kappa shape index (κ1) is 21.7. The molecule has 0 radical (unpaired) electrons. The van der Waals surface area contributed by atoms with E-state index in [1.807, 2.05) is 0 Å². The molecule has 8 nitrogen and oxygen atoms in total. The highest BCUT2D eigenvalue weighted by Gasteiger charge is 2.12. The first-order valence-electron chi connectivity index (χ1n) is 8.53. The Balaban J connectivity index is 1.79. The first-order valence-corrected chi connectivity index (χ1v) is 8.53. The average molecular weight is 409 g/mol. The molecule has 0 aliphatic carbocycles. The van der Waals surface area contributed by atoms with Gasteiger partial charge < -0.3 is 30.2 Å². The molecule has 0 heterocycles. The normalized spacial score (nSPS) is 10.2. The summed E-state index contributed by atoms with van der Waals surface area (Å²) in [5.74, 6) is 0.161. The summed E-state index contributed by atoms with van der Waals surface area (Å²) in [7, 11) is 2.85. The van der Waals surface area contributed by atoms with Crippen molar-refractivity contribution in [1.29, 1.82) is 0 Å². The van der Waals surface area contributed by atoms with Gasteiger partial charge in [-0.15, -0.1) is 0 Å². The molecule has 0 bridgehead atoms. The van der Waals surface area contributed by atoms with Crippen molar-refractivity contribution < 1.29 is 32.6 Å². The third-order valence-corrected chi connectivity index (χ3v) is 3.65. The van der Waals surface area contributed by atoms with Crippen LogP contribution in [0, 0.1) is 0 Å². The van der Waals surface area contributed by atoms with Gasteiger partial charge in [-0.05, 0) is 36.4 Å². The van der Waals surface area contributed by atoms with Crippen LogP contribution in [0.4, 0.5) is 25.0 Å². The summed E-state index contributed by atoms with van der Waals surface area (Å²) >= 11 is 0.